The van der Waals surface area contributed by atoms with Crippen molar-refractivity contribution in [2.75, 3.05) is 7.11 Å². The smallest absolute Gasteiger partial charge is 0.335 e. The summed E-state index contributed by atoms with van der Waals surface area (Å²) in [7, 11) is 1.58. The number of hydrogen-bond donors (Lipinski definition) is 1. The van der Waals surface area contributed by atoms with E-state index in [4.69, 9.17) is 4.74 Å². The van der Waals surface area contributed by atoms with E-state index in [0.717, 1.165) is 35.5 Å². The normalized spacial score (nSPS) is 10.7. The fourth-order valence-electron chi connectivity index (χ4n) is 2.55. The maximum absolute atomic E-state index is 11.2. The second-order valence-corrected chi connectivity index (χ2v) is 4.99. The number of hydrogen-bond acceptors (Lipinski definition) is 3. The molecular formula is C16H20N2O3. The van der Waals surface area contributed by atoms with Crippen LogP contribution in [-0.2, 0) is 6.54 Å². The minimum Gasteiger partial charge on any atom is -0.496 e. The van der Waals surface area contributed by atoms with Gasteiger partial charge in [-0.15, -0.1) is 0 Å². The van der Waals surface area contributed by atoms with Crippen LogP contribution in [0.15, 0.2) is 18.2 Å². The number of benzene rings is 1. The zero-order valence-electron chi connectivity index (χ0n) is 12.8. The van der Waals surface area contributed by atoms with E-state index in [1.807, 2.05) is 18.5 Å². The lowest BCUT2D eigenvalue weighted by Crippen LogP contribution is -2.01. The Bertz CT molecular complexity index is 674. The largest absolute Gasteiger partial charge is 0.496 e. The first-order valence-electron chi connectivity index (χ1n) is 6.95. The average Bonchev–Trinajstić information content (AvgIpc) is 2.73. The van der Waals surface area contributed by atoms with E-state index in [-0.39, 0.29) is 5.56 Å². The summed E-state index contributed by atoms with van der Waals surface area (Å²) >= 11 is 0. The molecule has 0 radical (unpaired) electrons. The maximum Gasteiger partial charge on any atom is 0.335 e. The Balaban J connectivity index is 2.65. The lowest BCUT2D eigenvalue weighted by Gasteiger charge is -2.10. The SMILES string of the molecule is CCCn1nc(C)c(-c2cc(C(=O)O)ccc2OC)c1C. The fourth-order valence-corrected chi connectivity index (χ4v) is 2.55. The highest BCUT2D eigenvalue weighted by atomic mass is 16.5. The van der Waals surface area contributed by atoms with Gasteiger partial charge in [-0.25, -0.2) is 4.79 Å². The molecule has 0 saturated carbocycles. The molecule has 1 aromatic carbocycles. The highest BCUT2D eigenvalue weighted by molar-refractivity contribution is 5.91. The second kappa shape index (κ2) is 5.99. The van der Waals surface area contributed by atoms with Crippen molar-refractivity contribution in [2.24, 2.45) is 0 Å². The van der Waals surface area contributed by atoms with Crippen molar-refractivity contribution >= 4 is 5.97 Å². The van der Waals surface area contributed by atoms with Gasteiger partial charge in [0.05, 0.1) is 18.4 Å². The third kappa shape index (κ3) is 2.77. The molecule has 0 unspecified atom stereocenters. The van der Waals surface area contributed by atoms with E-state index in [2.05, 4.69) is 12.0 Å². The van der Waals surface area contributed by atoms with E-state index >= 15 is 0 Å². The van der Waals surface area contributed by atoms with Crippen molar-refractivity contribution in [1.82, 2.24) is 9.78 Å². The van der Waals surface area contributed by atoms with Crippen LogP contribution in [0.1, 0.15) is 35.1 Å². The van der Waals surface area contributed by atoms with Gasteiger partial charge in [0.25, 0.3) is 0 Å². The van der Waals surface area contributed by atoms with Gasteiger partial charge in [-0.2, -0.15) is 5.10 Å². The first kappa shape index (κ1) is 15.1. The molecule has 0 aliphatic rings. The Hall–Kier alpha value is -2.30. The molecule has 0 saturated heterocycles. The number of carboxylic acids is 1. The topological polar surface area (TPSA) is 64.4 Å². The molecule has 0 atom stereocenters. The Morgan fingerprint density at radius 3 is 2.67 bits per heavy atom. The monoisotopic (exact) mass is 288 g/mol. The molecule has 0 aliphatic carbocycles. The molecule has 1 aromatic heterocycles. The lowest BCUT2D eigenvalue weighted by atomic mass is 10.00. The van der Waals surface area contributed by atoms with Crippen LogP contribution in [0.4, 0.5) is 0 Å². The summed E-state index contributed by atoms with van der Waals surface area (Å²) < 4.78 is 7.34. The minimum atomic E-state index is -0.949. The van der Waals surface area contributed by atoms with Crippen LogP contribution in [0, 0.1) is 13.8 Å². The zero-order valence-corrected chi connectivity index (χ0v) is 12.8. The van der Waals surface area contributed by atoms with Gasteiger partial charge >= 0.3 is 5.97 Å². The molecule has 0 spiro atoms. The quantitative estimate of drug-likeness (QED) is 0.917. The van der Waals surface area contributed by atoms with Crippen LogP contribution in [0.5, 0.6) is 5.75 Å². The summed E-state index contributed by atoms with van der Waals surface area (Å²) in [4.78, 5) is 11.2. The van der Waals surface area contributed by atoms with Gasteiger partial charge in [0.1, 0.15) is 5.75 Å². The molecule has 2 aromatic rings. The predicted molar refractivity (Wildman–Crippen MR) is 80.9 cm³/mol. The second-order valence-electron chi connectivity index (χ2n) is 4.99. The number of carboxylic acid groups (broad SMARTS) is 1. The molecule has 0 aliphatic heterocycles. The first-order chi connectivity index (χ1) is 9.99. The van der Waals surface area contributed by atoms with Crippen LogP contribution in [0.2, 0.25) is 0 Å². The number of rotatable bonds is 5. The molecule has 2 rings (SSSR count). The predicted octanol–water partition coefficient (Wildman–Crippen LogP) is 3.28. The summed E-state index contributed by atoms with van der Waals surface area (Å²) in [6.07, 6.45) is 0.994. The molecule has 5 nitrogen and oxygen atoms in total. The third-order valence-corrected chi connectivity index (χ3v) is 3.53. The van der Waals surface area contributed by atoms with Gasteiger partial charge in [0.2, 0.25) is 0 Å². The summed E-state index contributed by atoms with van der Waals surface area (Å²) in [6, 6.07) is 4.88. The van der Waals surface area contributed by atoms with Crippen LogP contribution in [0.3, 0.4) is 0 Å². The maximum atomic E-state index is 11.2. The summed E-state index contributed by atoms with van der Waals surface area (Å²) in [6.45, 7) is 6.87. The standard InChI is InChI=1S/C16H20N2O3/c1-5-8-18-11(3)15(10(2)17-18)13-9-12(16(19)20)6-7-14(13)21-4/h6-7,9H,5,8H2,1-4H3,(H,19,20). The van der Waals surface area contributed by atoms with E-state index < -0.39 is 5.97 Å². The number of aryl methyl sites for hydroxylation is 2. The molecule has 1 N–H and O–H groups in total. The molecular weight excluding hydrogens is 268 g/mol. The van der Waals surface area contributed by atoms with Crippen LogP contribution < -0.4 is 4.74 Å². The molecule has 0 amide bonds. The van der Waals surface area contributed by atoms with Crippen molar-refractivity contribution < 1.29 is 14.6 Å². The van der Waals surface area contributed by atoms with E-state index in [1.54, 1.807) is 25.3 Å². The summed E-state index contributed by atoms with van der Waals surface area (Å²) in [5.74, 6) is -0.294. The fraction of sp³-hybridized carbons (Fsp3) is 0.375. The zero-order chi connectivity index (χ0) is 15.6. The van der Waals surface area contributed by atoms with Crippen molar-refractivity contribution in [3.05, 3.63) is 35.2 Å². The van der Waals surface area contributed by atoms with Crippen LogP contribution >= 0.6 is 0 Å². The Kier molecular flexibility index (Phi) is 4.31. The van der Waals surface area contributed by atoms with Gasteiger partial charge < -0.3 is 9.84 Å². The molecule has 21 heavy (non-hydrogen) atoms. The number of aromatic nitrogens is 2. The van der Waals surface area contributed by atoms with Crippen molar-refractivity contribution in [3.63, 3.8) is 0 Å². The molecule has 0 fully saturated rings. The Morgan fingerprint density at radius 2 is 2.10 bits per heavy atom. The minimum absolute atomic E-state index is 0.243. The Morgan fingerprint density at radius 1 is 1.38 bits per heavy atom. The third-order valence-electron chi connectivity index (χ3n) is 3.53. The van der Waals surface area contributed by atoms with Crippen molar-refractivity contribution in [2.45, 2.75) is 33.7 Å². The highest BCUT2D eigenvalue weighted by Crippen LogP contribution is 2.35. The summed E-state index contributed by atoms with van der Waals surface area (Å²) in [5, 5.41) is 13.7. The highest BCUT2D eigenvalue weighted by Gasteiger charge is 2.18. The van der Waals surface area contributed by atoms with Gasteiger partial charge in [0, 0.05) is 23.4 Å². The van der Waals surface area contributed by atoms with Crippen LogP contribution in [-0.4, -0.2) is 28.0 Å². The lowest BCUT2D eigenvalue weighted by molar-refractivity contribution is 0.0697. The van der Waals surface area contributed by atoms with Gasteiger partial charge in [0.15, 0.2) is 0 Å². The Labute approximate surface area is 124 Å². The van der Waals surface area contributed by atoms with Gasteiger partial charge in [-0.3, -0.25) is 4.68 Å². The van der Waals surface area contributed by atoms with Crippen molar-refractivity contribution in [3.8, 4) is 16.9 Å². The van der Waals surface area contributed by atoms with Crippen molar-refractivity contribution in [1.29, 1.82) is 0 Å². The summed E-state index contributed by atoms with van der Waals surface area (Å²) in [5.41, 5.74) is 3.86. The molecule has 5 heteroatoms. The first-order valence-corrected chi connectivity index (χ1v) is 6.95. The molecule has 0 bridgehead atoms. The van der Waals surface area contributed by atoms with Crippen LogP contribution in [0.25, 0.3) is 11.1 Å². The number of nitrogens with zero attached hydrogens (tertiary/aromatic N) is 2. The van der Waals surface area contributed by atoms with E-state index in [0.29, 0.717) is 5.75 Å². The van der Waals surface area contributed by atoms with E-state index in [9.17, 15) is 9.90 Å². The number of aromatic carboxylic acids is 1. The van der Waals surface area contributed by atoms with Gasteiger partial charge in [-0.1, -0.05) is 6.92 Å². The number of carbonyl (C=O) groups is 1. The average molecular weight is 288 g/mol. The van der Waals surface area contributed by atoms with E-state index in [1.165, 1.54) is 0 Å². The number of ether oxygens (including phenoxy) is 1. The molecule has 112 valence electrons. The van der Waals surface area contributed by atoms with Gasteiger partial charge in [-0.05, 0) is 38.5 Å². The molecule has 1 heterocycles. The number of methoxy groups -OCH3 is 1.